The van der Waals surface area contributed by atoms with Crippen molar-refractivity contribution in [3.8, 4) is 0 Å². The van der Waals surface area contributed by atoms with Crippen LogP contribution in [-0.4, -0.2) is 14.2 Å². The Balaban J connectivity index is 4.57. The quantitative estimate of drug-likeness (QED) is 0.477. The average Bonchev–Trinajstić information content (AvgIpc) is 2.12. The van der Waals surface area contributed by atoms with Crippen LogP contribution in [0, 0.1) is 0 Å². The maximum Gasteiger partial charge on any atom is 0.156 e. The Morgan fingerprint density at radius 2 is 1.75 bits per heavy atom. The van der Waals surface area contributed by atoms with Crippen molar-refractivity contribution in [2.24, 2.45) is 0 Å². The van der Waals surface area contributed by atoms with E-state index in [4.69, 9.17) is 9.47 Å². The highest BCUT2D eigenvalue weighted by Crippen LogP contribution is 2.11. The summed E-state index contributed by atoms with van der Waals surface area (Å²) in [7, 11) is 3.29. The third-order valence-electron chi connectivity index (χ3n) is 1.81. The second-order valence-electron chi connectivity index (χ2n) is 2.67. The molecule has 0 aromatic rings. The third kappa shape index (κ3) is 3.46. The van der Waals surface area contributed by atoms with E-state index in [-0.39, 0.29) is 0 Å². The van der Waals surface area contributed by atoms with Gasteiger partial charge in [0.15, 0.2) is 5.76 Å². The van der Waals surface area contributed by atoms with Crippen molar-refractivity contribution < 1.29 is 9.47 Å². The fourth-order valence-corrected chi connectivity index (χ4v) is 0.731. The number of ether oxygens (including phenoxy) is 2. The SMILES string of the molecule is CC/C(C)=C\C(OC)=C(/C)OC. The first-order chi connectivity index (χ1) is 5.65. The predicted molar refractivity (Wildman–Crippen MR) is 50.8 cm³/mol. The zero-order valence-corrected chi connectivity index (χ0v) is 8.60. The topological polar surface area (TPSA) is 18.5 Å². The predicted octanol–water partition coefficient (Wildman–Crippen LogP) is 2.87. The van der Waals surface area contributed by atoms with Gasteiger partial charge in [0, 0.05) is 0 Å². The smallest absolute Gasteiger partial charge is 0.156 e. The molecule has 0 N–H and O–H groups in total. The summed E-state index contributed by atoms with van der Waals surface area (Å²) >= 11 is 0. The monoisotopic (exact) mass is 170 g/mol. The second kappa shape index (κ2) is 5.70. The Labute approximate surface area is 74.9 Å². The maximum absolute atomic E-state index is 5.15. The molecule has 70 valence electrons. The van der Waals surface area contributed by atoms with E-state index < -0.39 is 0 Å². The average molecular weight is 170 g/mol. The molecule has 0 amide bonds. The van der Waals surface area contributed by atoms with Gasteiger partial charge in [-0.25, -0.2) is 0 Å². The highest BCUT2D eigenvalue weighted by atomic mass is 16.5. The molecule has 0 spiro atoms. The minimum absolute atomic E-state index is 0.803. The van der Waals surface area contributed by atoms with Gasteiger partial charge in [0.1, 0.15) is 5.76 Å². The summed E-state index contributed by atoms with van der Waals surface area (Å²) in [6.45, 7) is 6.07. The van der Waals surface area contributed by atoms with Crippen molar-refractivity contribution in [1.82, 2.24) is 0 Å². The molecule has 0 saturated heterocycles. The molecule has 0 bridgehead atoms. The van der Waals surface area contributed by atoms with E-state index in [2.05, 4.69) is 13.8 Å². The molecule has 2 heteroatoms. The molecule has 0 unspecified atom stereocenters. The Kier molecular flexibility index (Phi) is 5.26. The van der Waals surface area contributed by atoms with Gasteiger partial charge in [-0.05, 0) is 26.3 Å². The molecule has 0 atom stereocenters. The van der Waals surface area contributed by atoms with E-state index in [9.17, 15) is 0 Å². The van der Waals surface area contributed by atoms with Gasteiger partial charge in [-0.3, -0.25) is 0 Å². The molecule has 0 aromatic carbocycles. The highest BCUT2D eigenvalue weighted by Gasteiger charge is 1.98. The number of hydrogen-bond donors (Lipinski definition) is 0. The van der Waals surface area contributed by atoms with Crippen molar-refractivity contribution >= 4 is 0 Å². The first-order valence-electron chi connectivity index (χ1n) is 4.11. The van der Waals surface area contributed by atoms with Crippen LogP contribution in [0.15, 0.2) is 23.2 Å². The molecular formula is C10H18O2. The second-order valence-corrected chi connectivity index (χ2v) is 2.67. The lowest BCUT2D eigenvalue weighted by molar-refractivity contribution is 0.232. The van der Waals surface area contributed by atoms with Crippen LogP contribution in [0.5, 0.6) is 0 Å². The van der Waals surface area contributed by atoms with E-state index in [1.165, 1.54) is 5.57 Å². The molecule has 0 aromatic heterocycles. The van der Waals surface area contributed by atoms with Gasteiger partial charge in [-0.1, -0.05) is 12.5 Å². The van der Waals surface area contributed by atoms with E-state index in [0.29, 0.717) is 0 Å². The lowest BCUT2D eigenvalue weighted by Gasteiger charge is -2.06. The molecule has 0 rings (SSSR count). The van der Waals surface area contributed by atoms with Crippen LogP contribution < -0.4 is 0 Å². The van der Waals surface area contributed by atoms with Gasteiger partial charge in [0.25, 0.3) is 0 Å². The van der Waals surface area contributed by atoms with Gasteiger partial charge in [-0.15, -0.1) is 0 Å². The first-order valence-corrected chi connectivity index (χ1v) is 4.11. The van der Waals surface area contributed by atoms with Crippen LogP contribution in [0.25, 0.3) is 0 Å². The number of hydrogen-bond acceptors (Lipinski definition) is 2. The summed E-state index contributed by atoms with van der Waals surface area (Å²) in [6, 6.07) is 0. The van der Waals surface area contributed by atoms with E-state index in [0.717, 1.165) is 17.9 Å². The van der Waals surface area contributed by atoms with Crippen molar-refractivity contribution in [3.05, 3.63) is 23.2 Å². The molecule has 0 aliphatic heterocycles. The van der Waals surface area contributed by atoms with Crippen LogP contribution in [0.3, 0.4) is 0 Å². The molecule has 12 heavy (non-hydrogen) atoms. The third-order valence-corrected chi connectivity index (χ3v) is 1.81. The van der Waals surface area contributed by atoms with Crippen molar-refractivity contribution in [1.29, 1.82) is 0 Å². The Morgan fingerprint density at radius 1 is 1.17 bits per heavy atom. The van der Waals surface area contributed by atoms with E-state index in [1.807, 2.05) is 13.0 Å². The molecule has 0 heterocycles. The molecule has 0 saturated carbocycles. The van der Waals surface area contributed by atoms with Gasteiger partial charge in [0.05, 0.1) is 14.2 Å². The van der Waals surface area contributed by atoms with Crippen LogP contribution >= 0.6 is 0 Å². The molecule has 0 aliphatic carbocycles. The molecule has 0 aliphatic rings. The highest BCUT2D eigenvalue weighted by molar-refractivity contribution is 5.19. The zero-order valence-electron chi connectivity index (χ0n) is 8.60. The van der Waals surface area contributed by atoms with Crippen LogP contribution in [0.1, 0.15) is 27.2 Å². The van der Waals surface area contributed by atoms with Gasteiger partial charge >= 0.3 is 0 Å². The number of rotatable bonds is 4. The number of allylic oxidation sites excluding steroid dienone is 3. The van der Waals surface area contributed by atoms with Gasteiger partial charge < -0.3 is 9.47 Å². The Hall–Kier alpha value is -0.920. The van der Waals surface area contributed by atoms with Crippen molar-refractivity contribution in [2.45, 2.75) is 27.2 Å². The standard InChI is InChI=1S/C10H18O2/c1-6-8(2)7-10(12-5)9(3)11-4/h7H,6H2,1-5H3/b8-7-,10-9-. The summed E-state index contributed by atoms with van der Waals surface area (Å²) in [5.41, 5.74) is 1.28. The molecule has 0 fully saturated rings. The summed E-state index contributed by atoms with van der Waals surface area (Å²) in [5, 5.41) is 0. The summed E-state index contributed by atoms with van der Waals surface area (Å²) in [4.78, 5) is 0. The molecular weight excluding hydrogens is 152 g/mol. The normalized spacial score (nSPS) is 13.9. The lowest BCUT2D eigenvalue weighted by Crippen LogP contribution is -1.91. The number of methoxy groups -OCH3 is 2. The van der Waals surface area contributed by atoms with Crippen LogP contribution in [0.4, 0.5) is 0 Å². The van der Waals surface area contributed by atoms with Crippen molar-refractivity contribution in [3.63, 3.8) is 0 Å². The maximum atomic E-state index is 5.15. The Morgan fingerprint density at radius 3 is 2.08 bits per heavy atom. The van der Waals surface area contributed by atoms with Crippen LogP contribution in [-0.2, 0) is 9.47 Å². The lowest BCUT2D eigenvalue weighted by atomic mass is 10.2. The van der Waals surface area contributed by atoms with Gasteiger partial charge in [0.2, 0.25) is 0 Å². The summed E-state index contributed by atoms with van der Waals surface area (Å²) < 4.78 is 10.2. The Bertz CT molecular complexity index is 190. The fourth-order valence-electron chi connectivity index (χ4n) is 0.731. The minimum atomic E-state index is 0.803. The molecule has 2 nitrogen and oxygen atoms in total. The zero-order chi connectivity index (χ0) is 9.56. The van der Waals surface area contributed by atoms with Crippen molar-refractivity contribution in [2.75, 3.05) is 14.2 Å². The largest absolute Gasteiger partial charge is 0.498 e. The summed E-state index contributed by atoms with van der Waals surface area (Å²) in [5.74, 6) is 1.61. The first kappa shape index (κ1) is 11.1. The van der Waals surface area contributed by atoms with Crippen LogP contribution in [0.2, 0.25) is 0 Å². The molecule has 0 radical (unpaired) electrons. The van der Waals surface area contributed by atoms with E-state index >= 15 is 0 Å². The minimum Gasteiger partial charge on any atom is -0.498 e. The van der Waals surface area contributed by atoms with E-state index in [1.54, 1.807) is 14.2 Å². The summed E-state index contributed by atoms with van der Waals surface area (Å²) in [6.07, 6.45) is 3.03. The fraction of sp³-hybridized carbons (Fsp3) is 0.600. The van der Waals surface area contributed by atoms with Gasteiger partial charge in [-0.2, -0.15) is 0 Å².